The number of halogens is 1. The lowest BCUT2D eigenvalue weighted by molar-refractivity contribution is 0.122. The third-order valence-electron chi connectivity index (χ3n) is 4.17. The molecule has 0 bridgehead atoms. The van der Waals surface area contributed by atoms with Crippen LogP contribution in [-0.4, -0.2) is 37.9 Å². The predicted molar refractivity (Wildman–Crippen MR) is 98.8 cm³/mol. The zero-order valence-corrected chi connectivity index (χ0v) is 15.3. The van der Waals surface area contributed by atoms with Crippen molar-refractivity contribution in [2.75, 3.05) is 37.8 Å². The second-order valence-corrected chi connectivity index (χ2v) is 6.64. The highest BCUT2D eigenvalue weighted by Crippen LogP contribution is 2.33. The third kappa shape index (κ3) is 3.09. The molecule has 0 saturated carbocycles. The van der Waals surface area contributed by atoms with Crippen molar-refractivity contribution in [3.05, 3.63) is 39.0 Å². The second-order valence-electron chi connectivity index (χ2n) is 5.78. The van der Waals surface area contributed by atoms with Gasteiger partial charge in [0.05, 0.1) is 30.0 Å². The van der Waals surface area contributed by atoms with Crippen molar-refractivity contribution >= 4 is 32.7 Å². The molecular formula is C18H17BrN2O4. The lowest BCUT2D eigenvalue weighted by Gasteiger charge is -2.28. The summed E-state index contributed by atoms with van der Waals surface area (Å²) in [5, 5.41) is 0. The van der Waals surface area contributed by atoms with Gasteiger partial charge < -0.3 is 18.8 Å². The van der Waals surface area contributed by atoms with Crippen molar-refractivity contribution in [3.8, 4) is 17.2 Å². The molecule has 1 fully saturated rings. The molecule has 0 atom stereocenters. The Morgan fingerprint density at radius 3 is 2.80 bits per heavy atom. The first-order valence-electron chi connectivity index (χ1n) is 8.19. The molecule has 7 heteroatoms. The van der Waals surface area contributed by atoms with E-state index in [1.165, 1.54) is 6.07 Å². The first-order valence-corrected chi connectivity index (χ1v) is 8.98. The van der Waals surface area contributed by atoms with Crippen LogP contribution >= 0.6 is 15.9 Å². The summed E-state index contributed by atoms with van der Waals surface area (Å²) in [6.07, 6.45) is 0. The van der Waals surface area contributed by atoms with Gasteiger partial charge in [0.25, 0.3) is 0 Å². The number of anilines is 1. The van der Waals surface area contributed by atoms with Crippen LogP contribution in [0.5, 0.6) is 5.75 Å². The van der Waals surface area contributed by atoms with Crippen LogP contribution in [0.25, 0.3) is 22.6 Å². The number of aromatic nitrogens is 1. The highest BCUT2D eigenvalue weighted by molar-refractivity contribution is 9.10. The van der Waals surface area contributed by atoms with E-state index in [0.717, 1.165) is 4.47 Å². The van der Waals surface area contributed by atoms with E-state index in [1.54, 1.807) is 12.1 Å². The first-order chi connectivity index (χ1) is 12.2. The summed E-state index contributed by atoms with van der Waals surface area (Å²) in [7, 11) is 0. The van der Waals surface area contributed by atoms with E-state index in [1.807, 2.05) is 17.9 Å². The largest absolute Gasteiger partial charge is 0.493 e. The van der Waals surface area contributed by atoms with Gasteiger partial charge in [-0.25, -0.2) is 4.98 Å². The van der Waals surface area contributed by atoms with Crippen molar-refractivity contribution in [2.24, 2.45) is 0 Å². The van der Waals surface area contributed by atoms with E-state index >= 15 is 0 Å². The van der Waals surface area contributed by atoms with E-state index in [-0.39, 0.29) is 5.43 Å². The molecule has 0 aromatic heterocycles. The quantitative estimate of drug-likeness (QED) is 0.624. The molecule has 2 aliphatic heterocycles. The van der Waals surface area contributed by atoms with Crippen LogP contribution in [0.3, 0.4) is 0 Å². The molecule has 1 aromatic carbocycles. The topological polar surface area (TPSA) is 64.8 Å². The molecule has 2 heterocycles. The number of rotatable bonds is 3. The predicted octanol–water partition coefficient (Wildman–Crippen LogP) is 3.29. The summed E-state index contributed by atoms with van der Waals surface area (Å²) in [5.74, 6) is 1.16. The highest BCUT2D eigenvalue weighted by atomic mass is 79.9. The Balaban J connectivity index is 1.85. The molecule has 1 aromatic rings. The summed E-state index contributed by atoms with van der Waals surface area (Å²) < 4.78 is 17.6. The Hall–Kier alpha value is -2.12. The Morgan fingerprint density at radius 2 is 2.04 bits per heavy atom. The van der Waals surface area contributed by atoms with Crippen LogP contribution in [0.15, 0.2) is 37.9 Å². The molecular weight excluding hydrogens is 388 g/mol. The molecule has 130 valence electrons. The number of fused-ring (bicyclic) bond motifs is 2. The number of nitrogens with zero attached hydrogens (tertiary/aromatic N) is 2. The molecule has 0 radical (unpaired) electrons. The van der Waals surface area contributed by atoms with E-state index in [4.69, 9.17) is 13.9 Å². The second kappa shape index (κ2) is 6.65. The number of benzene rings is 2. The highest BCUT2D eigenvalue weighted by Gasteiger charge is 2.19. The van der Waals surface area contributed by atoms with E-state index in [9.17, 15) is 4.79 Å². The maximum absolute atomic E-state index is 12.5. The summed E-state index contributed by atoms with van der Waals surface area (Å²) in [6.45, 7) is 5.13. The lowest BCUT2D eigenvalue weighted by Crippen LogP contribution is -2.38. The molecule has 0 amide bonds. The first kappa shape index (κ1) is 16.4. The molecule has 1 aliphatic carbocycles. The van der Waals surface area contributed by atoms with Gasteiger partial charge in [0.2, 0.25) is 5.43 Å². The molecule has 0 N–H and O–H groups in total. The van der Waals surface area contributed by atoms with Gasteiger partial charge in [-0.3, -0.25) is 4.79 Å². The smallest absolute Gasteiger partial charge is 0.205 e. The average Bonchev–Trinajstić information content (AvgIpc) is 2.61. The van der Waals surface area contributed by atoms with Crippen LogP contribution in [0.1, 0.15) is 6.92 Å². The standard InChI is InChI=1S/C18H17BrN2O4/c1-2-24-16-10-18-12(7-11(16)19)20-13-8-14(15(22)9-17(13)25-18)21-3-5-23-6-4-21/h7-10H,2-6H2,1H3. The fourth-order valence-electron chi connectivity index (χ4n) is 2.97. The van der Waals surface area contributed by atoms with Gasteiger partial charge in [-0.05, 0) is 35.0 Å². The van der Waals surface area contributed by atoms with Gasteiger partial charge in [0.15, 0.2) is 11.3 Å². The van der Waals surface area contributed by atoms with Crippen LogP contribution in [-0.2, 0) is 4.74 Å². The lowest BCUT2D eigenvalue weighted by atomic mass is 10.1. The fraction of sp³-hybridized carbons (Fsp3) is 0.333. The number of morpholine rings is 1. The van der Waals surface area contributed by atoms with Crippen molar-refractivity contribution in [1.82, 2.24) is 4.98 Å². The zero-order valence-electron chi connectivity index (χ0n) is 13.8. The summed E-state index contributed by atoms with van der Waals surface area (Å²) in [4.78, 5) is 19.2. The van der Waals surface area contributed by atoms with Gasteiger partial charge in [-0.1, -0.05) is 0 Å². The van der Waals surface area contributed by atoms with Crippen molar-refractivity contribution in [2.45, 2.75) is 6.92 Å². The zero-order chi connectivity index (χ0) is 17.4. The summed E-state index contributed by atoms with van der Waals surface area (Å²) >= 11 is 3.49. The Morgan fingerprint density at radius 1 is 1.24 bits per heavy atom. The number of hydrogen-bond acceptors (Lipinski definition) is 6. The number of ether oxygens (including phenoxy) is 2. The Bertz CT molecular complexity index is 950. The summed E-state index contributed by atoms with van der Waals surface area (Å²) in [5.41, 5.74) is 2.51. The van der Waals surface area contributed by atoms with E-state index in [2.05, 4.69) is 20.9 Å². The summed E-state index contributed by atoms with van der Waals surface area (Å²) in [6, 6.07) is 6.96. The monoisotopic (exact) mass is 404 g/mol. The van der Waals surface area contributed by atoms with Crippen molar-refractivity contribution in [1.29, 1.82) is 0 Å². The van der Waals surface area contributed by atoms with Gasteiger partial charge in [0.1, 0.15) is 17.0 Å². The minimum atomic E-state index is -0.0681. The molecule has 4 rings (SSSR count). The van der Waals surface area contributed by atoms with Gasteiger partial charge >= 0.3 is 0 Å². The van der Waals surface area contributed by atoms with Crippen LogP contribution < -0.4 is 15.1 Å². The number of hydrogen-bond donors (Lipinski definition) is 0. The van der Waals surface area contributed by atoms with Crippen molar-refractivity contribution < 1.29 is 13.9 Å². The minimum absolute atomic E-state index is 0.0681. The fourth-order valence-corrected chi connectivity index (χ4v) is 3.41. The minimum Gasteiger partial charge on any atom is -0.493 e. The normalized spacial score (nSPS) is 15.0. The average molecular weight is 405 g/mol. The van der Waals surface area contributed by atoms with Gasteiger partial charge in [0, 0.05) is 25.2 Å². The maximum atomic E-state index is 12.5. The van der Waals surface area contributed by atoms with Crippen molar-refractivity contribution in [3.63, 3.8) is 0 Å². The van der Waals surface area contributed by atoms with Crippen LogP contribution in [0, 0.1) is 0 Å². The van der Waals surface area contributed by atoms with Crippen LogP contribution in [0.2, 0.25) is 0 Å². The van der Waals surface area contributed by atoms with Crippen LogP contribution in [0.4, 0.5) is 5.69 Å². The van der Waals surface area contributed by atoms with Gasteiger partial charge in [-0.15, -0.1) is 0 Å². The molecule has 0 spiro atoms. The Labute approximate surface area is 152 Å². The maximum Gasteiger partial charge on any atom is 0.205 e. The third-order valence-corrected chi connectivity index (χ3v) is 4.79. The van der Waals surface area contributed by atoms with Gasteiger partial charge in [-0.2, -0.15) is 0 Å². The molecule has 6 nitrogen and oxygen atoms in total. The van der Waals surface area contributed by atoms with E-state index < -0.39 is 0 Å². The molecule has 25 heavy (non-hydrogen) atoms. The Kier molecular flexibility index (Phi) is 4.35. The molecule has 1 saturated heterocycles. The molecule has 0 unspecified atom stereocenters. The SMILES string of the molecule is CCOc1cc2oc3cc(=O)c(N4CCOCC4)cc-3nc2cc1Br. The van der Waals surface area contributed by atoms with E-state index in [0.29, 0.717) is 66.9 Å². The molecule has 3 aliphatic rings.